The Labute approximate surface area is 131 Å². The van der Waals surface area contributed by atoms with E-state index in [0.29, 0.717) is 15.8 Å². The first-order valence-electron chi connectivity index (χ1n) is 6.52. The number of aromatic nitrogens is 2. The number of nitrogens with two attached hydrogens (primary N) is 1. The maximum Gasteiger partial charge on any atom is 0.161 e. The van der Waals surface area contributed by atoms with Gasteiger partial charge in [0.05, 0.1) is 23.8 Å². The molecule has 3 N–H and O–H groups in total. The molecule has 114 valence electrons. The lowest BCUT2D eigenvalue weighted by Gasteiger charge is -2.21. The molecule has 21 heavy (non-hydrogen) atoms. The average Bonchev–Trinajstić information content (AvgIpc) is 2.87. The molecule has 0 aliphatic rings. The number of methoxy groups -OCH3 is 1. The van der Waals surface area contributed by atoms with Gasteiger partial charge in [0.15, 0.2) is 5.75 Å². The summed E-state index contributed by atoms with van der Waals surface area (Å²) in [6, 6.07) is 4.59. The van der Waals surface area contributed by atoms with Crippen molar-refractivity contribution >= 4 is 15.9 Å². The van der Waals surface area contributed by atoms with E-state index in [1.807, 2.05) is 18.5 Å². The number of benzene rings is 1. The summed E-state index contributed by atoms with van der Waals surface area (Å²) in [6.45, 7) is 4.01. The molecule has 1 aromatic carbocycles. The predicted octanol–water partition coefficient (Wildman–Crippen LogP) is 2.93. The molecule has 2 rings (SSSR count). The molecular formula is C14H18BrFN4O. The van der Waals surface area contributed by atoms with E-state index in [0.717, 1.165) is 5.69 Å². The fraction of sp³-hybridized carbons (Fsp3) is 0.357. The van der Waals surface area contributed by atoms with Gasteiger partial charge in [0.1, 0.15) is 11.5 Å². The SMILES string of the molecule is COc1cnn(C(C)C)c1C(NN)c1ccc(Br)c(F)c1. The van der Waals surface area contributed by atoms with Crippen molar-refractivity contribution < 1.29 is 9.13 Å². The minimum atomic E-state index is -0.424. The van der Waals surface area contributed by atoms with Crippen LogP contribution in [0.1, 0.15) is 37.2 Å². The molecule has 0 spiro atoms. The van der Waals surface area contributed by atoms with Crippen LogP contribution in [-0.4, -0.2) is 16.9 Å². The molecule has 1 heterocycles. The summed E-state index contributed by atoms with van der Waals surface area (Å²) in [5.74, 6) is 5.96. The highest BCUT2D eigenvalue weighted by atomic mass is 79.9. The quantitative estimate of drug-likeness (QED) is 0.638. The molecule has 1 unspecified atom stereocenters. The molecule has 0 amide bonds. The van der Waals surface area contributed by atoms with Crippen LogP contribution in [0.2, 0.25) is 0 Å². The van der Waals surface area contributed by atoms with Gasteiger partial charge in [0.25, 0.3) is 0 Å². The van der Waals surface area contributed by atoms with Gasteiger partial charge in [-0.2, -0.15) is 5.10 Å². The molecule has 0 radical (unpaired) electrons. The smallest absolute Gasteiger partial charge is 0.161 e. The first kappa shape index (κ1) is 15.9. The lowest BCUT2D eigenvalue weighted by atomic mass is 10.0. The van der Waals surface area contributed by atoms with E-state index in [1.54, 1.807) is 25.4 Å². The topological polar surface area (TPSA) is 65.1 Å². The van der Waals surface area contributed by atoms with Crippen LogP contribution in [0.5, 0.6) is 5.75 Å². The average molecular weight is 357 g/mol. The molecule has 2 aromatic rings. The van der Waals surface area contributed by atoms with Gasteiger partial charge < -0.3 is 4.74 Å². The summed E-state index contributed by atoms with van der Waals surface area (Å²) in [4.78, 5) is 0. The predicted molar refractivity (Wildman–Crippen MR) is 82.4 cm³/mol. The third kappa shape index (κ3) is 3.09. The molecule has 1 aromatic heterocycles. The molecule has 5 nitrogen and oxygen atoms in total. The van der Waals surface area contributed by atoms with Crippen LogP contribution >= 0.6 is 15.9 Å². The van der Waals surface area contributed by atoms with Gasteiger partial charge >= 0.3 is 0 Å². The Bertz CT molecular complexity index is 629. The van der Waals surface area contributed by atoms with Crippen LogP contribution in [0.25, 0.3) is 0 Å². The molecule has 0 saturated heterocycles. The van der Waals surface area contributed by atoms with E-state index < -0.39 is 6.04 Å². The zero-order valence-electron chi connectivity index (χ0n) is 12.1. The number of nitrogens with zero attached hydrogens (tertiary/aromatic N) is 2. The Morgan fingerprint density at radius 1 is 1.43 bits per heavy atom. The van der Waals surface area contributed by atoms with Crippen molar-refractivity contribution in [1.82, 2.24) is 15.2 Å². The van der Waals surface area contributed by atoms with E-state index in [2.05, 4.69) is 26.5 Å². The van der Waals surface area contributed by atoms with Crippen LogP contribution in [0.15, 0.2) is 28.9 Å². The standard InChI is InChI=1S/C14H18BrFN4O/c1-8(2)20-14(12(21-3)7-18-20)13(19-17)9-4-5-10(15)11(16)6-9/h4-8,13,19H,17H2,1-3H3. The summed E-state index contributed by atoms with van der Waals surface area (Å²) >= 11 is 3.15. The maximum atomic E-state index is 13.8. The summed E-state index contributed by atoms with van der Waals surface area (Å²) in [7, 11) is 1.57. The van der Waals surface area contributed by atoms with Crippen molar-refractivity contribution in [2.45, 2.75) is 25.9 Å². The number of hydrogen-bond acceptors (Lipinski definition) is 4. The lowest BCUT2D eigenvalue weighted by molar-refractivity contribution is 0.394. The Morgan fingerprint density at radius 2 is 2.14 bits per heavy atom. The largest absolute Gasteiger partial charge is 0.493 e. The number of halogens is 2. The third-order valence-corrected chi connectivity index (χ3v) is 3.87. The first-order chi connectivity index (χ1) is 9.99. The second-order valence-corrected chi connectivity index (χ2v) is 5.76. The third-order valence-electron chi connectivity index (χ3n) is 3.22. The van der Waals surface area contributed by atoms with E-state index in [9.17, 15) is 4.39 Å². The summed E-state index contributed by atoms with van der Waals surface area (Å²) in [5.41, 5.74) is 4.17. The Kier molecular flexibility index (Phi) is 4.97. The summed E-state index contributed by atoms with van der Waals surface area (Å²) < 4.78 is 21.4. The fourth-order valence-electron chi connectivity index (χ4n) is 2.22. The minimum Gasteiger partial charge on any atom is -0.493 e. The monoisotopic (exact) mass is 356 g/mol. The number of hydrazine groups is 1. The molecule has 0 bridgehead atoms. The van der Waals surface area contributed by atoms with Crippen molar-refractivity contribution in [3.8, 4) is 5.75 Å². The van der Waals surface area contributed by atoms with Gasteiger partial charge in [0, 0.05) is 6.04 Å². The number of hydrogen-bond donors (Lipinski definition) is 2. The van der Waals surface area contributed by atoms with E-state index in [-0.39, 0.29) is 11.9 Å². The normalized spacial score (nSPS) is 12.7. The minimum absolute atomic E-state index is 0.125. The van der Waals surface area contributed by atoms with E-state index >= 15 is 0 Å². The van der Waals surface area contributed by atoms with Crippen molar-refractivity contribution in [3.05, 3.63) is 45.9 Å². The van der Waals surface area contributed by atoms with Crippen LogP contribution < -0.4 is 16.0 Å². The second kappa shape index (κ2) is 6.55. The van der Waals surface area contributed by atoms with Gasteiger partial charge in [0.2, 0.25) is 0 Å². The summed E-state index contributed by atoms with van der Waals surface area (Å²) in [6.07, 6.45) is 1.63. The van der Waals surface area contributed by atoms with Crippen molar-refractivity contribution in [2.24, 2.45) is 5.84 Å². The highest BCUT2D eigenvalue weighted by molar-refractivity contribution is 9.10. The lowest BCUT2D eigenvalue weighted by Crippen LogP contribution is -2.31. The van der Waals surface area contributed by atoms with Gasteiger partial charge in [-0.25, -0.2) is 9.82 Å². The Balaban J connectivity index is 2.55. The zero-order valence-corrected chi connectivity index (χ0v) is 13.7. The molecule has 1 atom stereocenters. The van der Waals surface area contributed by atoms with Crippen LogP contribution in [0.3, 0.4) is 0 Å². The maximum absolute atomic E-state index is 13.8. The number of rotatable bonds is 5. The fourth-order valence-corrected chi connectivity index (χ4v) is 2.47. The second-order valence-electron chi connectivity index (χ2n) is 4.91. The van der Waals surface area contributed by atoms with Crippen LogP contribution in [0.4, 0.5) is 4.39 Å². The van der Waals surface area contributed by atoms with Crippen molar-refractivity contribution in [2.75, 3.05) is 7.11 Å². The number of nitrogens with one attached hydrogen (secondary N) is 1. The highest BCUT2D eigenvalue weighted by Crippen LogP contribution is 2.32. The van der Waals surface area contributed by atoms with Crippen molar-refractivity contribution in [3.63, 3.8) is 0 Å². The molecule has 7 heteroatoms. The van der Waals surface area contributed by atoms with Crippen molar-refractivity contribution in [1.29, 1.82) is 0 Å². The molecule has 0 saturated carbocycles. The molecule has 0 aliphatic heterocycles. The van der Waals surface area contributed by atoms with Gasteiger partial charge in [-0.15, -0.1) is 0 Å². The zero-order chi connectivity index (χ0) is 15.6. The first-order valence-corrected chi connectivity index (χ1v) is 7.31. The Morgan fingerprint density at radius 3 is 2.67 bits per heavy atom. The van der Waals surface area contributed by atoms with Crippen LogP contribution in [-0.2, 0) is 0 Å². The number of ether oxygens (including phenoxy) is 1. The molecule has 0 fully saturated rings. The van der Waals surface area contributed by atoms with Gasteiger partial charge in [-0.05, 0) is 47.5 Å². The van der Waals surface area contributed by atoms with Gasteiger partial charge in [-0.3, -0.25) is 10.5 Å². The van der Waals surface area contributed by atoms with Crippen LogP contribution in [0, 0.1) is 5.82 Å². The highest BCUT2D eigenvalue weighted by Gasteiger charge is 2.24. The molecule has 0 aliphatic carbocycles. The Hall–Kier alpha value is -1.44. The van der Waals surface area contributed by atoms with E-state index in [1.165, 1.54) is 6.07 Å². The van der Waals surface area contributed by atoms with Gasteiger partial charge in [-0.1, -0.05) is 6.07 Å². The summed E-state index contributed by atoms with van der Waals surface area (Å²) in [5, 5.41) is 4.31. The van der Waals surface area contributed by atoms with E-state index in [4.69, 9.17) is 10.6 Å². The molecular weight excluding hydrogens is 339 g/mol.